The summed E-state index contributed by atoms with van der Waals surface area (Å²) in [7, 11) is 0. The molecule has 0 atom stereocenters. The van der Waals surface area contributed by atoms with Gasteiger partial charge in [0.05, 0.1) is 6.20 Å². The van der Waals surface area contributed by atoms with E-state index in [0.29, 0.717) is 17.9 Å². The summed E-state index contributed by atoms with van der Waals surface area (Å²) in [4.78, 5) is 13.6. The lowest BCUT2D eigenvalue weighted by atomic mass is 10.1. The van der Waals surface area contributed by atoms with E-state index in [-0.39, 0.29) is 5.75 Å². The Morgan fingerprint density at radius 2 is 2.12 bits per heavy atom. The fourth-order valence-corrected chi connectivity index (χ4v) is 1.32. The number of aromatic hydroxyl groups is 1. The molecule has 0 aliphatic carbocycles. The van der Waals surface area contributed by atoms with Crippen LogP contribution in [0.25, 0.3) is 0 Å². The third-order valence-corrected chi connectivity index (χ3v) is 2.09. The Balaban J connectivity index is 2.23. The van der Waals surface area contributed by atoms with E-state index in [4.69, 9.17) is 9.63 Å². The molecule has 2 rings (SSSR count). The van der Waals surface area contributed by atoms with Gasteiger partial charge in [-0.3, -0.25) is 0 Å². The molecule has 80 valence electrons. The number of benzene rings is 1. The second kappa shape index (κ2) is 4.42. The second-order valence-electron chi connectivity index (χ2n) is 3.18. The molecule has 1 N–H and O–H groups in total. The van der Waals surface area contributed by atoms with Gasteiger partial charge >= 0.3 is 0 Å². The molecule has 0 saturated carbocycles. The minimum Gasteiger partial charge on any atom is -0.508 e. The Morgan fingerprint density at radius 3 is 2.81 bits per heavy atom. The van der Waals surface area contributed by atoms with Crippen LogP contribution in [0.15, 0.2) is 40.0 Å². The van der Waals surface area contributed by atoms with E-state index in [0.717, 1.165) is 5.56 Å². The maximum absolute atomic E-state index is 10.1. The quantitative estimate of drug-likeness (QED) is 0.628. The van der Waals surface area contributed by atoms with Crippen LogP contribution in [0.2, 0.25) is 0 Å². The van der Waals surface area contributed by atoms with Crippen LogP contribution in [0.5, 0.6) is 5.75 Å². The standard InChI is InChI=1S/C11H8N2O3/c14-7-12-10-6-13-16-11(10)5-8-1-3-9(15)4-2-8/h1-4,6,15H,5H2. The fraction of sp³-hybridized carbons (Fsp3) is 0.0909. The number of hydrogen-bond donors (Lipinski definition) is 1. The van der Waals surface area contributed by atoms with Crippen LogP contribution in [0.4, 0.5) is 5.69 Å². The summed E-state index contributed by atoms with van der Waals surface area (Å²) in [6.07, 6.45) is 3.26. The normalized spacial score (nSPS) is 9.75. The van der Waals surface area contributed by atoms with Crippen molar-refractivity contribution >= 4 is 11.8 Å². The van der Waals surface area contributed by atoms with Gasteiger partial charge < -0.3 is 9.63 Å². The lowest BCUT2D eigenvalue weighted by Gasteiger charge is -1.98. The van der Waals surface area contributed by atoms with Crippen LogP contribution >= 0.6 is 0 Å². The summed E-state index contributed by atoms with van der Waals surface area (Å²) in [6, 6.07) is 6.67. The summed E-state index contributed by atoms with van der Waals surface area (Å²) >= 11 is 0. The van der Waals surface area contributed by atoms with Gasteiger partial charge in [-0.1, -0.05) is 17.3 Å². The summed E-state index contributed by atoms with van der Waals surface area (Å²) in [5, 5.41) is 12.7. The number of isocyanates is 1. The number of aliphatic imine (C=N–C) groups is 1. The molecule has 0 saturated heterocycles. The predicted octanol–water partition coefficient (Wildman–Crippen LogP) is 1.94. The minimum atomic E-state index is 0.201. The Labute approximate surface area is 91.0 Å². The summed E-state index contributed by atoms with van der Waals surface area (Å²) in [5.41, 5.74) is 1.31. The molecule has 0 unspecified atom stereocenters. The van der Waals surface area contributed by atoms with Crippen molar-refractivity contribution in [1.82, 2.24) is 5.16 Å². The molecule has 0 radical (unpaired) electrons. The zero-order valence-corrected chi connectivity index (χ0v) is 8.25. The molecule has 16 heavy (non-hydrogen) atoms. The summed E-state index contributed by atoms with van der Waals surface area (Å²) in [5.74, 6) is 0.696. The highest BCUT2D eigenvalue weighted by atomic mass is 16.5. The van der Waals surface area contributed by atoms with Crippen LogP contribution in [-0.4, -0.2) is 16.3 Å². The predicted molar refractivity (Wildman–Crippen MR) is 55.2 cm³/mol. The van der Waals surface area contributed by atoms with Gasteiger partial charge in [-0.15, -0.1) is 0 Å². The molecule has 0 bridgehead atoms. The van der Waals surface area contributed by atoms with Gasteiger partial charge in [0.25, 0.3) is 0 Å². The van der Waals surface area contributed by atoms with Gasteiger partial charge in [-0.2, -0.15) is 4.99 Å². The van der Waals surface area contributed by atoms with Gasteiger partial charge in [0.2, 0.25) is 6.08 Å². The third-order valence-electron chi connectivity index (χ3n) is 2.09. The van der Waals surface area contributed by atoms with Gasteiger partial charge in [0.1, 0.15) is 11.4 Å². The maximum Gasteiger partial charge on any atom is 0.240 e. The first-order chi connectivity index (χ1) is 7.79. The van der Waals surface area contributed by atoms with Crippen LogP contribution in [0, 0.1) is 0 Å². The first-order valence-corrected chi connectivity index (χ1v) is 4.59. The van der Waals surface area contributed by atoms with Gasteiger partial charge in [0, 0.05) is 6.42 Å². The monoisotopic (exact) mass is 216 g/mol. The topological polar surface area (TPSA) is 75.7 Å². The number of aromatic nitrogens is 1. The van der Waals surface area contributed by atoms with Crippen LogP contribution in [0.3, 0.4) is 0 Å². The number of phenolic OH excluding ortho intramolecular Hbond substituents is 1. The number of hydrogen-bond acceptors (Lipinski definition) is 5. The average Bonchev–Trinajstić information content (AvgIpc) is 2.70. The Bertz CT molecular complexity index is 524. The molecular formula is C11H8N2O3. The fourth-order valence-electron chi connectivity index (χ4n) is 1.32. The molecule has 0 amide bonds. The molecule has 2 aromatic rings. The zero-order valence-electron chi connectivity index (χ0n) is 8.25. The first kappa shape index (κ1) is 10.1. The smallest absolute Gasteiger partial charge is 0.240 e. The Kier molecular flexibility index (Phi) is 2.80. The van der Waals surface area contributed by atoms with E-state index in [2.05, 4.69) is 10.1 Å². The van der Waals surface area contributed by atoms with E-state index in [9.17, 15) is 4.79 Å². The van der Waals surface area contributed by atoms with Crippen molar-refractivity contribution in [3.05, 3.63) is 41.8 Å². The van der Waals surface area contributed by atoms with Gasteiger partial charge in [0.15, 0.2) is 5.76 Å². The average molecular weight is 216 g/mol. The molecule has 0 aliphatic rings. The van der Waals surface area contributed by atoms with Crippen molar-refractivity contribution in [1.29, 1.82) is 0 Å². The first-order valence-electron chi connectivity index (χ1n) is 4.59. The van der Waals surface area contributed by atoms with Crippen molar-refractivity contribution < 1.29 is 14.4 Å². The highest BCUT2D eigenvalue weighted by molar-refractivity contribution is 5.50. The Hall–Kier alpha value is -2.39. The molecule has 1 aromatic carbocycles. The molecular weight excluding hydrogens is 208 g/mol. The lowest BCUT2D eigenvalue weighted by molar-refractivity contribution is 0.390. The van der Waals surface area contributed by atoms with E-state index >= 15 is 0 Å². The third kappa shape index (κ3) is 2.16. The molecule has 5 heteroatoms. The number of carbonyl (C=O) groups excluding carboxylic acids is 1. The van der Waals surface area contributed by atoms with E-state index in [1.54, 1.807) is 24.3 Å². The Morgan fingerprint density at radius 1 is 1.38 bits per heavy atom. The van der Waals surface area contributed by atoms with Gasteiger partial charge in [-0.25, -0.2) is 4.79 Å². The van der Waals surface area contributed by atoms with E-state index in [1.807, 2.05) is 0 Å². The molecule has 5 nitrogen and oxygen atoms in total. The van der Waals surface area contributed by atoms with Gasteiger partial charge in [-0.05, 0) is 17.7 Å². The highest BCUT2D eigenvalue weighted by Crippen LogP contribution is 2.21. The van der Waals surface area contributed by atoms with E-state index in [1.165, 1.54) is 12.3 Å². The van der Waals surface area contributed by atoms with Crippen molar-refractivity contribution in [3.8, 4) is 5.75 Å². The molecule has 0 fully saturated rings. The molecule has 0 aliphatic heterocycles. The van der Waals surface area contributed by atoms with Crippen LogP contribution < -0.4 is 0 Å². The van der Waals surface area contributed by atoms with Crippen LogP contribution in [-0.2, 0) is 11.2 Å². The minimum absolute atomic E-state index is 0.201. The van der Waals surface area contributed by atoms with Crippen molar-refractivity contribution in [2.24, 2.45) is 4.99 Å². The highest BCUT2D eigenvalue weighted by Gasteiger charge is 2.08. The second-order valence-corrected chi connectivity index (χ2v) is 3.18. The molecule has 0 spiro atoms. The largest absolute Gasteiger partial charge is 0.508 e. The number of rotatable bonds is 3. The summed E-state index contributed by atoms with van der Waals surface area (Å²) < 4.78 is 4.97. The molecule has 1 aromatic heterocycles. The SMILES string of the molecule is O=C=Nc1cnoc1Cc1ccc(O)cc1. The number of phenols is 1. The van der Waals surface area contributed by atoms with Crippen molar-refractivity contribution in [2.75, 3.05) is 0 Å². The lowest BCUT2D eigenvalue weighted by Crippen LogP contribution is -1.85. The van der Waals surface area contributed by atoms with Crippen LogP contribution in [0.1, 0.15) is 11.3 Å². The van der Waals surface area contributed by atoms with Crippen molar-refractivity contribution in [3.63, 3.8) is 0 Å². The molecule has 1 heterocycles. The van der Waals surface area contributed by atoms with Crippen molar-refractivity contribution in [2.45, 2.75) is 6.42 Å². The van der Waals surface area contributed by atoms with E-state index < -0.39 is 0 Å². The number of nitrogens with zero attached hydrogens (tertiary/aromatic N) is 2. The maximum atomic E-state index is 10.1. The zero-order chi connectivity index (χ0) is 11.4. The summed E-state index contributed by atoms with van der Waals surface area (Å²) in [6.45, 7) is 0.